The maximum absolute atomic E-state index is 12.5. The van der Waals surface area contributed by atoms with Gasteiger partial charge in [0.25, 0.3) is 11.8 Å². The van der Waals surface area contributed by atoms with Crippen LogP contribution in [0.25, 0.3) is 0 Å². The minimum absolute atomic E-state index is 0.00584. The molecule has 2 aliphatic rings. The van der Waals surface area contributed by atoms with Gasteiger partial charge in [0.15, 0.2) is 12.7 Å². The predicted octanol–water partition coefficient (Wildman–Crippen LogP) is -0.0569. The van der Waals surface area contributed by atoms with E-state index in [-0.39, 0.29) is 31.6 Å². The van der Waals surface area contributed by atoms with E-state index in [9.17, 15) is 14.4 Å². The van der Waals surface area contributed by atoms with E-state index in [1.165, 1.54) is 11.0 Å². The Balaban J connectivity index is 1.79. The van der Waals surface area contributed by atoms with Crippen LogP contribution in [0.4, 0.5) is 5.69 Å². The molecule has 22 heavy (non-hydrogen) atoms. The van der Waals surface area contributed by atoms with E-state index in [0.717, 1.165) is 0 Å². The number of amides is 2. The molecule has 1 atom stereocenters. The molecule has 1 aromatic rings. The number of carboxylic acids is 1. The number of anilines is 1. The summed E-state index contributed by atoms with van der Waals surface area (Å²) in [4.78, 5) is 36.2. The number of nitrogens with zero attached hydrogens (tertiary/aromatic N) is 1. The minimum atomic E-state index is -1.09. The lowest BCUT2D eigenvalue weighted by Crippen LogP contribution is -2.48. The van der Waals surface area contributed by atoms with Crippen molar-refractivity contribution >= 4 is 23.5 Å². The Morgan fingerprint density at radius 2 is 2.18 bits per heavy atom. The zero-order valence-electron chi connectivity index (χ0n) is 11.6. The van der Waals surface area contributed by atoms with Crippen molar-refractivity contribution in [3.8, 4) is 5.75 Å². The topological polar surface area (TPSA) is 105 Å². The number of morpholine rings is 1. The van der Waals surface area contributed by atoms with E-state index >= 15 is 0 Å². The molecule has 1 unspecified atom stereocenters. The molecule has 0 radical (unpaired) electrons. The van der Waals surface area contributed by atoms with Crippen molar-refractivity contribution < 1.29 is 29.0 Å². The smallest absolute Gasteiger partial charge is 0.334 e. The van der Waals surface area contributed by atoms with Crippen molar-refractivity contribution in [2.45, 2.75) is 6.10 Å². The molecule has 2 amide bonds. The largest absolute Gasteiger partial charge is 0.482 e. The summed E-state index contributed by atoms with van der Waals surface area (Å²) in [5.74, 6) is -1.18. The lowest BCUT2D eigenvalue weighted by molar-refractivity contribution is -0.154. The summed E-state index contributed by atoms with van der Waals surface area (Å²) in [5, 5.41) is 11.6. The number of rotatable bonds is 2. The fraction of sp³-hybridized carbons (Fsp3) is 0.357. The Morgan fingerprint density at radius 3 is 2.95 bits per heavy atom. The van der Waals surface area contributed by atoms with Crippen molar-refractivity contribution in [1.82, 2.24) is 4.90 Å². The molecule has 0 spiro atoms. The number of hydrogen-bond donors (Lipinski definition) is 2. The Morgan fingerprint density at radius 1 is 1.36 bits per heavy atom. The Hall–Kier alpha value is -2.61. The quantitative estimate of drug-likeness (QED) is 0.793. The van der Waals surface area contributed by atoms with Crippen LogP contribution in [0.1, 0.15) is 10.4 Å². The molecule has 2 N–H and O–H groups in total. The second-order valence-electron chi connectivity index (χ2n) is 5.00. The van der Waals surface area contributed by atoms with Crippen molar-refractivity contribution in [2.75, 3.05) is 31.6 Å². The predicted molar refractivity (Wildman–Crippen MR) is 73.8 cm³/mol. The number of aliphatic carboxylic acids is 1. The third-order valence-electron chi connectivity index (χ3n) is 3.49. The fourth-order valence-corrected chi connectivity index (χ4v) is 2.38. The third-order valence-corrected chi connectivity index (χ3v) is 3.49. The van der Waals surface area contributed by atoms with E-state index in [4.69, 9.17) is 14.6 Å². The van der Waals surface area contributed by atoms with Gasteiger partial charge in [0.1, 0.15) is 5.75 Å². The van der Waals surface area contributed by atoms with Crippen LogP contribution < -0.4 is 10.1 Å². The highest BCUT2D eigenvalue weighted by Gasteiger charge is 2.30. The number of carbonyl (C=O) groups is 3. The Labute approximate surface area is 125 Å². The van der Waals surface area contributed by atoms with Crippen LogP contribution in [0.2, 0.25) is 0 Å². The van der Waals surface area contributed by atoms with Crippen LogP contribution >= 0.6 is 0 Å². The summed E-state index contributed by atoms with van der Waals surface area (Å²) in [6, 6.07) is 4.72. The molecule has 3 rings (SSSR count). The summed E-state index contributed by atoms with van der Waals surface area (Å²) in [7, 11) is 0. The SMILES string of the molecule is O=C1COc2ccc(C(=O)N3CCOC(C(=O)O)C3)cc2N1. The van der Waals surface area contributed by atoms with Crippen molar-refractivity contribution in [3.63, 3.8) is 0 Å². The summed E-state index contributed by atoms with van der Waals surface area (Å²) in [6.45, 7) is 0.439. The molecule has 0 bridgehead atoms. The number of nitrogens with one attached hydrogen (secondary N) is 1. The molecule has 2 aliphatic heterocycles. The second kappa shape index (κ2) is 5.64. The normalized spacial score (nSPS) is 20.6. The molecule has 1 fully saturated rings. The first-order chi connectivity index (χ1) is 10.5. The molecule has 0 aromatic heterocycles. The molecule has 2 heterocycles. The first-order valence-corrected chi connectivity index (χ1v) is 6.75. The van der Waals surface area contributed by atoms with Gasteiger partial charge in [-0.1, -0.05) is 0 Å². The lowest BCUT2D eigenvalue weighted by Gasteiger charge is -2.31. The highest BCUT2D eigenvalue weighted by molar-refractivity contribution is 6.00. The van der Waals surface area contributed by atoms with E-state index < -0.39 is 12.1 Å². The second-order valence-corrected chi connectivity index (χ2v) is 5.00. The summed E-state index contributed by atoms with van der Waals surface area (Å²) < 4.78 is 10.3. The van der Waals surface area contributed by atoms with Gasteiger partial charge in [0.2, 0.25) is 0 Å². The number of carbonyl (C=O) groups excluding carboxylic acids is 2. The van der Waals surface area contributed by atoms with Crippen LogP contribution in [-0.2, 0) is 14.3 Å². The zero-order valence-corrected chi connectivity index (χ0v) is 11.6. The molecular weight excluding hydrogens is 292 g/mol. The lowest BCUT2D eigenvalue weighted by atomic mass is 10.1. The van der Waals surface area contributed by atoms with E-state index in [1.54, 1.807) is 12.1 Å². The molecule has 8 nitrogen and oxygen atoms in total. The van der Waals surface area contributed by atoms with Crippen molar-refractivity contribution in [1.29, 1.82) is 0 Å². The first kappa shape index (κ1) is 14.3. The molecule has 8 heteroatoms. The van der Waals surface area contributed by atoms with Gasteiger partial charge in [0.05, 0.1) is 18.8 Å². The summed E-state index contributed by atoms with van der Waals surface area (Å²) >= 11 is 0. The van der Waals surface area contributed by atoms with Gasteiger partial charge in [-0.25, -0.2) is 4.79 Å². The van der Waals surface area contributed by atoms with Gasteiger partial charge >= 0.3 is 5.97 Å². The Bertz CT molecular complexity index is 644. The van der Waals surface area contributed by atoms with E-state index in [1.807, 2.05) is 0 Å². The van der Waals surface area contributed by atoms with Gasteiger partial charge in [-0.2, -0.15) is 0 Å². The maximum Gasteiger partial charge on any atom is 0.334 e. The number of ether oxygens (including phenoxy) is 2. The highest BCUT2D eigenvalue weighted by atomic mass is 16.5. The molecular formula is C14H14N2O6. The van der Waals surface area contributed by atoms with Crippen molar-refractivity contribution in [3.05, 3.63) is 23.8 Å². The van der Waals surface area contributed by atoms with E-state index in [2.05, 4.69) is 5.32 Å². The fourth-order valence-electron chi connectivity index (χ4n) is 2.38. The standard InChI is InChI=1S/C14H14N2O6/c17-12-7-22-10-2-1-8(5-9(10)15-12)13(18)16-3-4-21-11(6-16)14(19)20/h1-2,5,11H,3-4,6-7H2,(H,15,17)(H,19,20). The average Bonchev–Trinajstić information content (AvgIpc) is 2.53. The van der Waals surface area contributed by atoms with Gasteiger partial charge in [-0.15, -0.1) is 0 Å². The third kappa shape index (κ3) is 2.73. The first-order valence-electron chi connectivity index (χ1n) is 6.75. The highest BCUT2D eigenvalue weighted by Crippen LogP contribution is 2.29. The maximum atomic E-state index is 12.5. The summed E-state index contributed by atoms with van der Waals surface area (Å²) in [6.07, 6.45) is -1.02. The van der Waals surface area contributed by atoms with Crippen LogP contribution in [0.15, 0.2) is 18.2 Å². The van der Waals surface area contributed by atoms with Crippen LogP contribution in [0.3, 0.4) is 0 Å². The molecule has 0 aliphatic carbocycles. The zero-order chi connectivity index (χ0) is 15.7. The van der Waals surface area contributed by atoms with Gasteiger partial charge in [-0.3, -0.25) is 9.59 Å². The number of fused-ring (bicyclic) bond motifs is 1. The summed E-state index contributed by atoms with van der Waals surface area (Å²) in [5.41, 5.74) is 0.792. The van der Waals surface area contributed by atoms with E-state index in [0.29, 0.717) is 23.5 Å². The van der Waals surface area contributed by atoms with Gasteiger partial charge in [-0.05, 0) is 18.2 Å². The van der Waals surface area contributed by atoms with Crippen LogP contribution in [0.5, 0.6) is 5.75 Å². The molecule has 116 valence electrons. The molecule has 0 saturated carbocycles. The number of carboxylic acid groups (broad SMARTS) is 1. The molecule has 1 aromatic carbocycles. The monoisotopic (exact) mass is 306 g/mol. The van der Waals surface area contributed by atoms with Crippen LogP contribution in [-0.4, -0.2) is 60.2 Å². The number of hydrogen-bond acceptors (Lipinski definition) is 5. The van der Waals surface area contributed by atoms with Gasteiger partial charge in [0, 0.05) is 12.1 Å². The average molecular weight is 306 g/mol. The number of benzene rings is 1. The Kier molecular flexibility index (Phi) is 3.68. The minimum Gasteiger partial charge on any atom is -0.482 e. The van der Waals surface area contributed by atoms with Crippen LogP contribution in [0, 0.1) is 0 Å². The van der Waals surface area contributed by atoms with Crippen molar-refractivity contribution in [2.24, 2.45) is 0 Å². The molecule has 1 saturated heterocycles. The van der Waals surface area contributed by atoms with Gasteiger partial charge < -0.3 is 24.8 Å².